The molecule has 152 valence electrons. The zero-order valence-electron chi connectivity index (χ0n) is 16.9. The van der Waals surface area contributed by atoms with Gasteiger partial charge in [-0.25, -0.2) is 4.99 Å². The average molecular weight is 379 g/mol. The third kappa shape index (κ3) is 10.6. The Kier molecular flexibility index (Phi) is 12.7. The summed E-state index contributed by atoms with van der Waals surface area (Å²) in [7, 11) is 1.66. The van der Waals surface area contributed by atoms with E-state index in [1.165, 1.54) is 0 Å². The molecule has 1 aromatic rings. The Labute approximate surface area is 163 Å². The van der Waals surface area contributed by atoms with Crippen LogP contribution in [0, 0.1) is 0 Å². The monoisotopic (exact) mass is 378 g/mol. The summed E-state index contributed by atoms with van der Waals surface area (Å²) in [6.07, 6.45) is 0.858. The first-order chi connectivity index (χ1) is 13.2. The number of nitrogens with one attached hydrogen (secondary N) is 2. The van der Waals surface area contributed by atoms with Crippen LogP contribution in [-0.4, -0.2) is 69.9 Å². The average Bonchev–Trinajstić information content (AvgIpc) is 2.70. The van der Waals surface area contributed by atoms with Gasteiger partial charge in [0.1, 0.15) is 6.54 Å². The molecule has 7 heteroatoms. The number of nitrogens with zero attached hydrogens (tertiary/aromatic N) is 2. The highest BCUT2D eigenvalue weighted by atomic mass is 16.5. The summed E-state index contributed by atoms with van der Waals surface area (Å²) in [5, 5.41) is 6.39. The summed E-state index contributed by atoms with van der Waals surface area (Å²) in [5.41, 5.74) is 1.12. The van der Waals surface area contributed by atoms with Crippen molar-refractivity contribution in [1.29, 1.82) is 0 Å². The summed E-state index contributed by atoms with van der Waals surface area (Å²) >= 11 is 0. The number of carbonyl (C=O) groups is 1. The molecule has 0 spiro atoms. The normalized spacial score (nSPS) is 11.3. The lowest BCUT2D eigenvalue weighted by Gasteiger charge is -2.20. The number of likely N-dealkylation sites (N-methyl/N-ethyl adjacent to an activating group) is 1. The number of hydrogen-bond acceptors (Lipinski definition) is 4. The maximum Gasteiger partial charge on any atom is 0.244 e. The van der Waals surface area contributed by atoms with Gasteiger partial charge >= 0.3 is 0 Å². The predicted molar refractivity (Wildman–Crippen MR) is 109 cm³/mol. The minimum absolute atomic E-state index is 0.0152. The number of carbonyl (C=O) groups excluding carboxylic acids is 1. The second-order valence-corrected chi connectivity index (χ2v) is 5.97. The van der Waals surface area contributed by atoms with Gasteiger partial charge in [-0.3, -0.25) is 4.79 Å². The van der Waals surface area contributed by atoms with Crippen LogP contribution in [0.25, 0.3) is 0 Å². The molecule has 0 saturated heterocycles. The molecule has 1 amide bonds. The Morgan fingerprint density at radius 3 is 2.56 bits per heavy atom. The fourth-order valence-electron chi connectivity index (χ4n) is 2.39. The number of rotatable bonds is 13. The lowest BCUT2D eigenvalue weighted by molar-refractivity contribution is -0.130. The molecule has 0 heterocycles. The fourth-order valence-corrected chi connectivity index (χ4v) is 2.39. The van der Waals surface area contributed by atoms with Gasteiger partial charge in [0, 0.05) is 39.9 Å². The molecular weight excluding hydrogens is 344 g/mol. The van der Waals surface area contributed by atoms with Crippen LogP contribution in [0.4, 0.5) is 0 Å². The fraction of sp³-hybridized carbons (Fsp3) is 0.600. The van der Waals surface area contributed by atoms with Crippen LogP contribution in [0.2, 0.25) is 0 Å². The van der Waals surface area contributed by atoms with Crippen molar-refractivity contribution in [3.63, 3.8) is 0 Å². The largest absolute Gasteiger partial charge is 0.382 e. The van der Waals surface area contributed by atoms with Crippen molar-refractivity contribution in [3.8, 4) is 0 Å². The molecular formula is C20H34N4O3. The number of ether oxygens (including phenoxy) is 2. The van der Waals surface area contributed by atoms with Gasteiger partial charge in [-0.2, -0.15) is 0 Å². The molecule has 0 fully saturated rings. The Hall–Kier alpha value is -2.12. The van der Waals surface area contributed by atoms with Crippen LogP contribution in [0.5, 0.6) is 0 Å². The minimum atomic E-state index is 0.0152. The van der Waals surface area contributed by atoms with Crippen molar-refractivity contribution < 1.29 is 14.3 Å². The van der Waals surface area contributed by atoms with Crippen molar-refractivity contribution in [1.82, 2.24) is 15.5 Å². The Morgan fingerprint density at radius 2 is 1.89 bits per heavy atom. The molecule has 7 nitrogen and oxygen atoms in total. The minimum Gasteiger partial charge on any atom is -0.382 e. The van der Waals surface area contributed by atoms with E-state index in [0.29, 0.717) is 38.9 Å². The van der Waals surface area contributed by atoms with E-state index in [1.807, 2.05) is 49.1 Å². The highest BCUT2D eigenvalue weighted by Gasteiger charge is 2.12. The highest BCUT2D eigenvalue weighted by Crippen LogP contribution is 2.04. The first-order valence-corrected chi connectivity index (χ1v) is 9.61. The SMILES string of the molecule is CCNC(=NCC(=O)N(CC)Cc1ccccc1)NCCCOCCOC. The Bertz CT molecular complexity index is 537. The quantitative estimate of drug-likeness (QED) is 0.310. The van der Waals surface area contributed by atoms with Crippen LogP contribution in [0.15, 0.2) is 35.3 Å². The summed E-state index contributed by atoms with van der Waals surface area (Å²) in [6, 6.07) is 10.00. The molecule has 0 atom stereocenters. The number of amides is 1. The van der Waals surface area contributed by atoms with Gasteiger partial charge in [-0.05, 0) is 25.8 Å². The standard InChI is InChI=1S/C20H34N4O3/c1-4-21-20(22-12-9-13-27-15-14-26-3)23-16-19(25)24(5-2)17-18-10-7-6-8-11-18/h6-8,10-11H,4-5,9,12-17H2,1-3H3,(H2,21,22,23). The molecule has 27 heavy (non-hydrogen) atoms. The van der Waals surface area contributed by atoms with Gasteiger partial charge in [0.2, 0.25) is 5.91 Å². The topological polar surface area (TPSA) is 75.2 Å². The van der Waals surface area contributed by atoms with Crippen molar-refractivity contribution in [3.05, 3.63) is 35.9 Å². The molecule has 0 aromatic heterocycles. The van der Waals surface area contributed by atoms with Gasteiger partial charge in [-0.15, -0.1) is 0 Å². The number of hydrogen-bond donors (Lipinski definition) is 2. The molecule has 0 aliphatic rings. The highest BCUT2D eigenvalue weighted by molar-refractivity contribution is 5.84. The van der Waals surface area contributed by atoms with Crippen molar-refractivity contribution in [2.24, 2.45) is 4.99 Å². The molecule has 1 rings (SSSR count). The van der Waals surface area contributed by atoms with Gasteiger partial charge in [0.05, 0.1) is 13.2 Å². The van der Waals surface area contributed by atoms with Crippen LogP contribution in [0.3, 0.4) is 0 Å². The van der Waals surface area contributed by atoms with Crippen LogP contribution >= 0.6 is 0 Å². The summed E-state index contributed by atoms with van der Waals surface area (Å²) in [6.45, 7) is 8.72. The smallest absolute Gasteiger partial charge is 0.244 e. The summed E-state index contributed by atoms with van der Waals surface area (Å²) < 4.78 is 10.4. The predicted octanol–water partition coefficient (Wildman–Crippen LogP) is 1.64. The van der Waals surface area contributed by atoms with Crippen LogP contribution in [0.1, 0.15) is 25.8 Å². The molecule has 0 saturated carbocycles. The summed E-state index contributed by atoms with van der Waals surface area (Å²) in [4.78, 5) is 18.7. The molecule has 0 bridgehead atoms. The molecule has 1 aromatic carbocycles. The Morgan fingerprint density at radius 1 is 1.11 bits per heavy atom. The molecule has 0 aliphatic carbocycles. The molecule has 0 radical (unpaired) electrons. The van der Waals surface area contributed by atoms with Gasteiger partial charge < -0.3 is 25.0 Å². The molecule has 2 N–H and O–H groups in total. The van der Waals surface area contributed by atoms with Crippen molar-refractivity contribution >= 4 is 11.9 Å². The van der Waals surface area contributed by atoms with E-state index in [-0.39, 0.29) is 12.5 Å². The number of methoxy groups -OCH3 is 1. The maximum absolute atomic E-state index is 12.5. The van der Waals surface area contributed by atoms with E-state index in [2.05, 4.69) is 15.6 Å². The van der Waals surface area contributed by atoms with E-state index in [1.54, 1.807) is 7.11 Å². The number of aliphatic imine (C=N–C) groups is 1. The number of benzene rings is 1. The third-order valence-corrected chi connectivity index (χ3v) is 3.86. The van der Waals surface area contributed by atoms with Crippen molar-refractivity contribution in [2.45, 2.75) is 26.8 Å². The second-order valence-electron chi connectivity index (χ2n) is 5.97. The lowest BCUT2D eigenvalue weighted by atomic mass is 10.2. The van der Waals surface area contributed by atoms with E-state index < -0.39 is 0 Å². The van der Waals surface area contributed by atoms with Crippen LogP contribution < -0.4 is 10.6 Å². The van der Waals surface area contributed by atoms with Crippen molar-refractivity contribution in [2.75, 3.05) is 53.1 Å². The van der Waals surface area contributed by atoms with E-state index in [9.17, 15) is 4.79 Å². The zero-order chi connectivity index (χ0) is 19.7. The third-order valence-electron chi connectivity index (χ3n) is 3.86. The lowest BCUT2D eigenvalue weighted by Crippen LogP contribution is -2.39. The van der Waals surface area contributed by atoms with Gasteiger partial charge in [-0.1, -0.05) is 30.3 Å². The number of guanidine groups is 1. The van der Waals surface area contributed by atoms with Gasteiger partial charge in [0.15, 0.2) is 5.96 Å². The summed E-state index contributed by atoms with van der Waals surface area (Å²) in [5.74, 6) is 0.667. The van der Waals surface area contributed by atoms with E-state index >= 15 is 0 Å². The van der Waals surface area contributed by atoms with E-state index in [0.717, 1.165) is 25.1 Å². The molecule has 0 unspecified atom stereocenters. The zero-order valence-corrected chi connectivity index (χ0v) is 16.9. The first kappa shape index (κ1) is 22.9. The Balaban J connectivity index is 2.41. The second kappa shape index (κ2) is 15.0. The van der Waals surface area contributed by atoms with E-state index in [4.69, 9.17) is 9.47 Å². The first-order valence-electron chi connectivity index (χ1n) is 9.61. The van der Waals surface area contributed by atoms with Crippen LogP contribution in [-0.2, 0) is 20.8 Å². The maximum atomic E-state index is 12.5. The van der Waals surface area contributed by atoms with Gasteiger partial charge in [0.25, 0.3) is 0 Å². The molecule has 0 aliphatic heterocycles.